The summed E-state index contributed by atoms with van der Waals surface area (Å²) in [7, 11) is 0. The number of halogens is 1. The third-order valence-electron chi connectivity index (χ3n) is 4.63. The van der Waals surface area contributed by atoms with Crippen LogP contribution in [0.15, 0.2) is 85.2 Å². The fourth-order valence-corrected chi connectivity index (χ4v) is 3.16. The Kier molecular flexibility index (Phi) is 6.24. The molecule has 0 saturated carbocycles. The Morgan fingerprint density at radius 1 is 0.935 bits per heavy atom. The molecule has 154 valence electrons. The molecule has 0 bridgehead atoms. The van der Waals surface area contributed by atoms with Crippen molar-refractivity contribution in [3.8, 4) is 22.8 Å². The second-order valence-electron chi connectivity index (χ2n) is 6.86. The predicted molar refractivity (Wildman–Crippen MR) is 119 cm³/mol. The molecule has 6 heteroatoms. The number of carbonyl (C=O) groups excluding carboxylic acids is 1. The monoisotopic (exact) mass is 430 g/mol. The van der Waals surface area contributed by atoms with Gasteiger partial charge in [0.05, 0.1) is 23.1 Å². The molecule has 5 nitrogen and oxygen atoms in total. The summed E-state index contributed by atoms with van der Waals surface area (Å²) < 4.78 is 11.2. The third-order valence-corrected chi connectivity index (χ3v) is 4.94. The van der Waals surface area contributed by atoms with Gasteiger partial charge in [-0.05, 0) is 30.2 Å². The van der Waals surface area contributed by atoms with Crippen molar-refractivity contribution in [2.24, 2.45) is 0 Å². The lowest BCUT2D eigenvalue weighted by molar-refractivity contribution is 0.0727. The van der Waals surface area contributed by atoms with Gasteiger partial charge in [0, 0.05) is 11.6 Å². The molecule has 3 aromatic carbocycles. The molecule has 0 aliphatic carbocycles. The second-order valence-corrected chi connectivity index (χ2v) is 7.27. The first-order valence-corrected chi connectivity index (χ1v) is 10.0. The number of aryl methyl sites for hydroxylation is 1. The molecule has 0 fully saturated rings. The van der Waals surface area contributed by atoms with Gasteiger partial charge < -0.3 is 9.47 Å². The maximum atomic E-state index is 12.5. The Morgan fingerprint density at radius 2 is 1.71 bits per heavy atom. The van der Waals surface area contributed by atoms with Crippen LogP contribution < -0.4 is 9.47 Å². The molecule has 1 aromatic heterocycles. The zero-order chi connectivity index (χ0) is 21.6. The number of benzene rings is 3. The van der Waals surface area contributed by atoms with Gasteiger partial charge >= 0.3 is 5.97 Å². The zero-order valence-corrected chi connectivity index (χ0v) is 17.5. The minimum absolute atomic E-state index is 0.110. The van der Waals surface area contributed by atoms with Crippen molar-refractivity contribution in [1.29, 1.82) is 0 Å². The van der Waals surface area contributed by atoms with E-state index in [-0.39, 0.29) is 5.69 Å². The molecule has 0 spiro atoms. The largest absolute Gasteiger partial charge is 0.487 e. The highest BCUT2D eigenvalue weighted by molar-refractivity contribution is 6.32. The van der Waals surface area contributed by atoms with Gasteiger partial charge in [0.1, 0.15) is 18.1 Å². The molecule has 0 unspecified atom stereocenters. The third kappa shape index (κ3) is 5.08. The Balaban J connectivity index is 1.45. The van der Waals surface area contributed by atoms with Crippen molar-refractivity contribution in [2.45, 2.75) is 13.5 Å². The summed E-state index contributed by atoms with van der Waals surface area (Å²) in [5, 5.41) is 0.429. The lowest BCUT2D eigenvalue weighted by atomic mass is 10.1. The van der Waals surface area contributed by atoms with Crippen LogP contribution in [0.1, 0.15) is 21.6 Å². The van der Waals surface area contributed by atoms with E-state index in [2.05, 4.69) is 9.97 Å². The van der Waals surface area contributed by atoms with Gasteiger partial charge in [-0.25, -0.2) is 9.78 Å². The normalized spacial score (nSPS) is 10.5. The molecule has 0 aliphatic rings. The predicted octanol–water partition coefficient (Wildman–Crippen LogP) is 5.90. The van der Waals surface area contributed by atoms with Crippen molar-refractivity contribution in [3.05, 3.63) is 107 Å². The summed E-state index contributed by atoms with van der Waals surface area (Å²) in [6, 6.07) is 22.4. The molecule has 0 radical (unpaired) electrons. The summed E-state index contributed by atoms with van der Waals surface area (Å²) in [6.07, 6.45) is 2.97. The van der Waals surface area contributed by atoms with Gasteiger partial charge in [0.25, 0.3) is 0 Å². The lowest BCUT2D eigenvalue weighted by Crippen LogP contribution is -2.11. The topological polar surface area (TPSA) is 61.3 Å². The fourth-order valence-electron chi connectivity index (χ4n) is 2.99. The maximum Gasteiger partial charge on any atom is 0.363 e. The Labute approximate surface area is 185 Å². The standard InChI is InChI=1S/C25H19ClN2O3/c1-17-7-5-6-10-20(17)22-14-28-23(15-27-22)25(29)31-19-11-12-21(26)24(13-19)30-16-18-8-3-2-4-9-18/h2-15H,16H2,1H3. The lowest BCUT2D eigenvalue weighted by Gasteiger charge is -2.10. The average Bonchev–Trinajstić information content (AvgIpc) is 2.80. The molecular formula is C25H19ClN2O3. The van der Waals surface area contributed by atoms with Crippen LogP contribution in [0.5, 0.6) is 11.5 Å². The van der Waals surface area contributed by atoms with Crippen molar-refractivity contribution in [3.63, 3.8) is 0 Å². The number of hydrogen-bond acceptors (Lipinski definition) is 5. The quantitative estimate of drug-likeness (QED) is 0.281. The smallest absolute Gasteiger partial charge is 0.363 e. The van der Waals surface area contributed by atoms with Crippen molar-refractivity contribution in [2.75, 3.05) is 0 Å². The van der Waals surface area contributed by atoms with E-state index in [1.807, 2.05) is 61.5 Å². The number of rotatable bonds is 6. The fraction of sp³-hybridized carbons (Fsp3) is 0.0800. The summed E-state index contributed by atoms with van der Waals surface area (Å²) >= 11 is 6.22. The molecule has 0 amide bonds. The van der Waals surface area contributed by atoms with E-state index < -0.39 is 5.97 Å². The average molecular weight is 431 g/mol. The van der Waals surface area contributed by atoms with Crippen LogP contribution in [0.25, 0.3) is 11.3 Å². The van der Waals surface area contributed by atoms with Crippen molar-refractivity contribution >= 4 is 17.6 Å². The van der Waals surface area contributed by atoms with E-state index in [4.69, 9.17) is 21.1 Å². The maximum absolute atomic E-state index is 12.5. The number of nitrogens with zero attached hydrogens (tertiary/aromatic N) is 2. The van der Waals surface area contributed by atoms with Crippen LogP contribution >= 0.6 is 11.6 Å². The van der Waals surface area contributed by atoms with E-state index in [0.29, 0.717) is 28.8 Å². The van der Waals surface area contributed by atoms with Gasteiger partial charge in [-0.1, -0.05) is 66.2 Å². The van der Waals surface area contributed by atoms with Crippen LogP contribution in [-0.4, -0.2) is 15.9 Å². The van der Waals surface area contributed by atoms with E-state index in [1.165, 1.54) is 6.20 Å². The molecule has 0 saturated heterocycles. The van der Waals surface area contributed by atoms with E-state index in [1.54, 1.807) is 24.4 Å². The first-order chi connectivity index (χ1) is 15.1. The molecule has 0 aliphatic heterocycles. The van der Waals surface area contributed by atoms with Crippen molar-refractivity contribution in [1.82, 2.24) is 9.97 Å². The summed E-state index contributed by atoms with van der Waals surface area (Å²) in [5.74, 6) is 0.124. The van der Waals surface area contributed by atoms with Gasteiger partial charge in [0.2, 0.25) is 0 Å². The summed E-state index contributed by atoms with van der Waals surface area (Å²) in [4.78, 5) is 21.1. The van der Waals surface area contributed by atoms with Crippen LogP contribution in [-0.2, 0) is 6.61 Å². The molecule has 0 N–H and O–H groups in total. The Morgan fingerprint density at radius 3 is 2.45 bits per heavy atom. The van der Waals surface area contributed by atoms with Gasteiger partial charge in [0.15, 0.2) is 5.69 Å². The van der Waals surface area contributed by atoms with Gasteiger partial charge in [-0.2, -0.15) is 0 Å². The van der Waals surface area contributed by atoms with E-state index >= 15 is 0 Å². The van der Waals surface area contributed by atoms with Crippen LogP contribution in [0, 0.1) is 6.92 Å². The van der Waals surface area contributed by atoms with Gasteiger partial charge in [-0.3, -0.25) is 4.98 Å². The number of esters is 1. The number of ether oxygens (including phenoxy) is 2. The van der Waals surface area contributed by atoms with Gasteiger partial charge in [-0.15, -0.1) is 0 Å². The van der Waals surface area contributed by atoms with Crippen LogP contribution in [0.2, 0.25) is 5.02 Å². The first kappa shape index (κ1) is 20.6. The van der Waals surface area contributed by atoms with E-state index in [0.717, 1.165) is 16.7 Å². The second kappa shape index (κ2) is 9.41. The highest BCUT2D eigenvalue weighted by atomic mass is 35.5. The SMILES string of the molecule is Cc1ccccc1-c1cnc(C(=O)Oc2ccc(Cl)c(OCc3ccccc3)c2)cn1. The molecular weight excluding hydrogens is 412 g/mol. The van der Waals surface area contributed by atoms with Crippen LogP contribution in [0.3, 0.4) is 0 Å². The minimum Gasteiger partial charge on any atom is -0.487 e. The number of carbonyl (C=O) groups is 1. The zero-order valence-electron chi connectivity index (χ0n) is 16.8. The highest BCUT2D eigenvalue weighted by Gasteiger charge is 2.14. The molecule has 4 aromatic rings. The molecule has 0 atom stereocenters. The minimum atomic E-state index is -0.611. The highest BCUT2D eigenvalue weighted by Crippen LogP contribution is 2.30. The number of hydrogen-bond donors (Lipinski definition) is 0. The Hall–Kier alpha value is -3.70. The molecule has 4 rings (SSSR count). The van der Waals surface area contributed by atoms with E-state index in [9.17, 15) is 4.79 Å². The van der Waals surface area contributed by atoms with Crippen LogP contribution in [0.4, 0.5) is 0 Å². The van der Waals surface area contributed by atoms with Crippen molar-refractivity contribution < 1.29 is 14.3 Å². The Bertz CT molecular complexity index is 1200. The summed E-state index contributed by atoms with van der Waals surface area (Å²) in [6.45, 7) is 2.35. The summed E-state index contributed by atoms with van der Waals surface area (Å²) in [5.41, 5.74) is 3.85. The molecule has 31 heavy (non-hydrogen) atoms. The number of aromatic nitrogens is 2. The first-order valence-electron chi connectivity index (χ1n) is 9.66. The molecule has 1 heterocycles.